The summed E-state index contributed by atoms with van der Waals surface area (Å²) >= 11 is 1.41. The van der Waals surface area contributed by atoms with E-state index in [1.165, 1.54) is 17.4 Å². The fourth-order valence-electron chi connectivity index (χ4n) is 2.30. The zero-order valence-corrected chi connectivity index (χ0v) is 15.5. The van der Waals surface area contributed by atoms with Crippen LogP contribution in [-0.4, -0.2) is 24.6 Å². The highest BCUT2D eigenvalue weighted by Gasteiger charge is 2.07. The highest BCUT2D eigenvalue weighted by Crippen LogP contribution is 2.29. The molecule has 1 amide bonds. The van der Waals surface area contributed by atoms with E-state index in [0.717, 1.165) is 33.7 Å². The number of aromatic nitrogens is 1. The van der Waals surface area contributed by atoms with E-state index in [-0.39, 0.29) is 5.91 Å². The van der Waals surface area contributed by atoms with Crippen molar-refractivity contribution >= 4 is 38.7 Å². The molecule has 0 spiro atoms. The summed E-state index contributed by atoms with van der Waals surface area (Å²) in [6, 6.07) is 13.3. The molecule has 6 heteroatoms. The standard InChI is InChI=1S/C20H20N2O3S/c1-3-12-25-15-7-4-14(5-8-15)6-11-19(23)22-20-21-17-10-9-16(24-2)13-18(17)26-20/h4-11,13H,3,12H2,1-2H3,(H,21,22,23). The summed E-state index contributed by atoms with van der Waals surface area (Å²) in [4.78, 5) is 16.5. The number of nitrogens with one attached hydrogen (secondary N) is 1. The molecule has 3 aromatic rings. The molecule has 0 aliphatic rings. The van der Waals surface area contributed by atoms with Crippen molar-refractivity contribution in [1.29, 1.82) is 0 Å². The van der Waals surface area contributed by atoms with Gasteiger partial charge in [-0.3, -0.25) is 10.1 Å². The fraction of sp³-hybridized carbons (Fsp3) is 0.200. The van der Waals surface area contributed by atoms with Crippen LogP contribution in [0.3, 0.4) is 0 Å². The van der Waals surface area contributed by atoms with Crippen molar-refractivity contribution in [2.75, 3.05) is 19.0 Å². The van der Waals surface area contributed by atoms with Crippen LogP contribution in [0.25, 0.3) is 16.3 Å². The maximum atomic E-state index is 12.1. The number of carbonyl (C=O) groups is 1. The van der Waals surface area contributed by atoms with E-state index in [1.54, 1.807) is 13.2 Å². The van der Waals surface area contributed by atoms with E-state index in [1.807, 2.05) is 42.5 Å². The molecule has 0 saturated heterocycles. The average molecular weight is 368 g/mol. The first-order valence-corrected chi connectivity index (χ1v) is 9.16. The van der Waals surface area contributed by atoms with Crippen molar-refractivity contribution in [1.82, 2.24) is 4.98 Å². The average Bonchev–Trinajstić information content (AvgIpc) is 3.06. The molecular weight excluding hydrogens is 348 g/mol. The Bertz CT molecular complexity index is 916. The van der Waals surface area contributed by atoms with Gasteiger partial charge >= 0.3 is 0 Å². The minimum atomic E-state index is -0.220. The van der Waals surface area contributed by atoms with E-state index < -0.39 is 0 Å². The van der Waals surface area contributed by atoms with Crippen molar-refractivity contribution in [2.24, 2.45) is 0 Å². The lowest BCUT2D eigenvalue weighted by Gasteiger charge is -2.03. The monoisotopic (exact) mass is 368 g/mol. The lowest BCUT2D eigenvalue weighted by atomic mass is 10.2. The van der Waals surface area contributed by atoms with Gasteiger partial charge in [0, 0.05) is 6.08 Å². The normalized spacial score (nSPS) is 11.0. The summed E-state index contributed by atoms with van der Waals surface area (Å²) in [5.74, 6) is 1.38. The maximum Gasteiger partial charge on any atom is 0.250 e. The number of carbonyl (C=O) groups excluding carboxylic acids is 1. The second kappa shape index (κ2) is 8.49. The first-order valence-electron chi connectivity index (χ1n) is 8.34. The number of benzene rings is 2. The molecule has 1 aromatic heterocycles. The molecule has 0 bridgehead atoms. The van der Waals surface area contributed by atoms with Crippen molar-refractivity contribution in [2.45, 2.75) is 13.3 Å². The van der Waals surface area contributed by atoms with Crippen molar-refractivity contribution in [3.63, 3.8) is 0 Å². The minimum Gasteiger partial charge on any atom is -0.497 e. The smallest absolute Gasteiger partial charge is 0.250 e. The highest BCUT2D eigenvalue weighted by atomic mass is 32.1. The predicted octanol–water partition coefficient (Wildman–Crippen LogP) is 4.75. The van der Waals surface area contributed by atoms with Gasteiger partial charge in [-0.15, -0.1) is 0 Å². The number of hydrogen-bond acceptors (Lipinski definition) is 5. The molecular formula is C20H20N2O3S. The van der Waals surface area contributed by atoms with Gasteiger partial charge in [-0.25, -0.2) is 4.98 Å². The number of thiazole rings is 1. The van der Waals surface area contributed by atoms with Crippen LogP contribution in [0.4, 0.5) is 5.13 Å². The lowest BCUT2D eigenvalue weighted by Crippen LogP contribution is -2.07. The van der Waals surface area contributed by atoms with Gasteiger partial charge in [0.1, 0.15) is 11.5 Å². The van der Waals surface area contributed by atoms with Crippen molar-refractivity contribution in [3.8, 4) is 11.5 Å². The molecule has 0 radical (unpaired) electrons. The Balaban J connectivity index is 1.62. The molecule has 0 unspecified atom stereocenters. The highest BCUT2D eigenvalue weighted by molar-refractivity contribution is 7.22. The second-order valence-electron chi connectivity index (χ2n) is 5.59. The first-order chi connectivity index (χ1) is 12.7. The third-order valence-corrected chi connectivity index (χ3v) is 4.54. The second-order valence-corrected chi connectivity index (χ2v) is 6.62. The van der Waals surface area contributed by atoms with Gasteiger partial charge in [0.15, 0.2) is 5.13 Å². The van der Waals surface area contributed by atoms with E-state index in [9.17, 15) is 4.79 Å². The number of nitrogens with zero attached hydrogens (tertiary/aromatic N) is 1. The zero-order valence-electron chi connectivity index (χ0n) is 14.7. The van der Waals surface area contributed by atoms with Gasteiger partial charge in [-0.05, 0) is 48.4 Å². The van der Waals surface area contributed by atoms with Gasteiger partial charge in [-0.1, -0.05) is 30.4 Å². The lowest BCUT2D eigenvalue weighted by molar-refractivity contribution is -0.111. The first kappa shape index (κ1) is 17.9. The summed E-state index contributed by atoms with van der Waals surface area (Å²) in [5.41, 5.74) is 1.76. The molecule has 0 aliphatic carbocycles. The van der Waals surface area contributed by atoms with Crippen LogP contribution >= 0.6 is 11.3 Å². The molecule has 0 saturated carbocycles. The van der Waals surface area contributed by atoms with E-state index in [0.29, 0.717) is 11.7 Å². The third-order valence-electron chi connectivity index (χ3n) is 3.61. The van der Waals surface area contributed by atoms with E-state index in [4.69, 9.17) is 9.47 Å². The molecule has 3 rings (SSSR count). The summed E-state index contributed by atoms with van der Waals surface area (Å²) in [6.45, 7) is 2.77. The van der Waals surface area contributed by atoms with Crippen LogP contribution in [0.15, 0.2) is 48.5 Å². The SMILES string of the molecule is CCCOc1ccc(C=CC(=O)Nc2nc3ccc(OC)cc3s2)cc1. The number of ether oxygens (including phenoxy) is 2. The maximum absolute atomic E-state index is 12.1. The zero-order chi connectivity index (χ0) is 18.4. The number of anilines is 1. The number of rotatable bonds is 7. The Morgan fingerprint density at radius 2 is 1.96 bits per heavy atom. The number of hydrogen-bond donors (Lipinski definition) is 1. The molecule has 5 nitrogen and oxygen atoms in total. The molecule has 0 atom stereocenters. The molecule has 1 heterocycles. The Labute approximate surface area is 156 Å². The van der Waals surface area contributed by atoms with Gasteiger partial charge < -0.3 is 9.47 Å². The predicted molar refractivity (Wildman–Crippen MR) is 106 cm³/mol. The quantitative estimate of drug-likeness (QED) is 0.612. The molecule has 0 fully saturated rings. The number of amides is 1. The summed E-state index contributed by atoms with van der Waals surface area (Å²) < 4.78 is 11.7. The molecule has 26 heavy (non-hydrogen) atoms. The van der Waals surface area contributed by atoms with Crippen molar-refractivity contribution in [3.05, 3.63) is 54.1 Å². The topological polar surface area (TPSA) is 60.5 Å². The third kappa shape index (κ3) is 4.61. The Hall–Kier alpha value is -2.86. The summed E-state index contributed by atoms with van der Waals surface area (Å²) in [7, 11) is 1.62. The van der Waals surface area contributed by atoms with Crippen LogP contribution in [0, 0.1) is 0 Å². The molecule has 0 aliphatic heterocycles. The number of fused-ring (bicyclic) bond motifs is 1. The van der Waals surface area contributed by atoms with E-state index in [2.05, 4.69) is 17.2 Å². The van der Waals surface area contributed by atoms with Crippen LogP contribution in [0.1, 0.15) is 18.9 Å². The van der Waals surface area contributed by atoms with Gasteiger partial charge in [0.25, 0.3) is 0 Å². The van der Waals surface area contributed by atoms with Crippen LogP contribution < -0.4 is 14.8 Å². The Morgan fingerprint density at radius 1 is 1.19 bits per heavy atom. The van der Waals surface area contributed by atoms with Crippen molar-refractivity contribution < 1.29 is 14.3 Å². The molecule has 134 valence electrons. The van der Waals surface area contributed by atoms with Crippen LogP contribution in [-0.2, 0) is 4.79 Å². The Morgan fingerprint density at radius 3 is 2.69 bits per heavy atom. The van der Waals surface area contributed by atoms with Gasteiger partial charge in [0.05, 0.1) is 23.9 Å². The van der Waals surface area contributed by atoms with E-state index >= 15 is 0 Å². The largest absolute Gasteiger partial charge is 0.497 e. The van der Waals surface area contributed by atoms with Crippen LogP contribution in [0.2, 0.25) is 0 Å². The minimum absolute atomic E-state index is 0.220. The molecule has 2 aromatic carbocycles. The molecule has 1 N–H and O–H groups in total. The Kier molecular flexibility index (Phi) is 5.86. The summed E-state index contributed by atoms with van der Waals surface area (Å²) in [6.07, 6.45) is 4.23. The fourth-order valence-corrected chi connectivity index (χ4v) is 3.20. The van der Waals surface area contributed by atoms with Crippen LogP contribution in [0.5, 0.6) is 11.5 Å². The van der Waals surface area contributed by atoms with Gasteiger partial charge in [-0.2, -0.15) is 0 Å². The van der Waals surface area contributed by atoms with Gasteiger partial charge in [0.2, 0.25) is 5.91 Å². The summed E-state index contributed by atoms with van der Waals surface area (Å²) in [5, 5.41) is 3.36. The number of methoxy groups -OCH3 is 1.